The number of para-hydroxylation sites is 1. The first-order chi connectivity index (χ1) is 17.1. The zero-order valence-electron chi connectivity index (χ0n) is 19.5. The van der Waals surface area contributed by atoms with E-state index in [1.807, 2.05) is 18.2 Å². The monoisotopic (exact) mass is 472 g/mol. The molecule has 6 nitrogen and oxygen atoms in total. The van der Waals surface area contributed by atoms with Gasteiger partial charge in [0, 0.05) is 38.4 Å². The first kappa shape index (κ1) is 24.3. The van der Waals surface area contributed by atoms with Crippen LogP contribution in [0.4, 0.5) is 15.8 Å². The van der Waals surface area contributed by atoms with Crippen LogP contribution >= 0.6 is 0 Å². The third-order valence-corrected chi connectivity index (χ3v) is 5.85. The lowest BCUT2D eigenvalue weighted by Gasteiger charge is -2.33. The van der Waals surface area contributed by atoms with Crippen molar-refractivity contribution in [2.75, 3.05) is 49.9 Å². The quantitative estimate of drug-likeness (QED) is 0.512. The highest BCUT2D eigenvalue weighted by molar-refractivity contribution is 6.10. The fraction of sp³-hybridized carbons (Fsp3) is 0.214. The standard InChI is InChI=1S/C28H29FN4O2/c29-23-12-14-24(15-13-23)30-28(35)25-10-4-5-11-26(25)31-27(34)21-33-19-17-32(18-20-33)16-6-9-22-7-2-1-3-8-22/h1-15H,16-21H2,(H,30,35)(H,31,34)/b9-6+. The molecule has 1 fully saturated rings. The highest BCUT2D eigenvalue weighted by Crippen LogP contribution is 2.18. The summed E-state index contributed by atoms with van der Waals surface area (Å²) in [5, 5.41) is 5.61. The number of piperazine rings is 1. The lowest BCUT2D eigenvalue weighted by atomic mass is 10.1. The average molecular weight is 473 g/mol. The number of halogens is 1. The Hall–Kier alpha value is -3.81. The van der Waals surface area contributed by atoms with E-state index in [0.29, 0.717) is 16.9 Å². The molecule has 0 saturated carbocycles. The van der Waals surface area contributed by atoms with Gasteiger partial charge >= 0.3 is 0 Å². The number of nitrogens with zero attached hydrogens (tertiary/aromatic N) is 2. The molecule has 35 heavy (non-hydrogen) atoms. The summed E-state index contributed by atoms with van der Waals surface area (Å²) < 4.78 is 13.1. The Kier molecular flexibility index (Phi) is 8.38. The first-order valence-corrected chi connectivity index (χ1v) is 11.7. The van der Waals surface area contributed by atoms with Gasteiger partial charge in [0.1, 0.15) is 5.82 Å². The molecule has 0 bridgehead atoms. The maximum Gasteiger partial charge on any atom is 0.257 e. The van der Waals surface area contributed by atoms with E-state index in [-0.39, 0.29) is 24.2 Å². The summed E-state index contributed by atoms with van der Waals surface area (Å²) in [7, 11) is 0. The van der Waals surface area contributed by atoms with E-state index >= 15 is 0 Å². The van der Waals surface area contributed by atoms with Gasteiger partial charge in [-0.15, -0.1) is 0 Å². The summed E-state index contributed by atoms with van der Waals surface area (Å²) >= 11 is 0. The average Bonchev–Trinajstić information content (AvgIpc) is 2.87. The smallest absolute Gasteiger partial charge is 0.257 e. The van der Waals surface area contributed by atoms with E-state index in [1.165, 1.54) is 29.8 Å². The molecule has 4 rings (SSSR count). The van der Waals surface area contributed by atoms with Crippen molar-refractivity contribution in [3.63, 3.8) is 0 Å². The molecular weight excluding hydrogens is 443 g/mol. The van der Waals surface area contributed by atoms with Gasteiger partial charge in [0.2, 0.25) is 5.91 Å². The van der Waals surface area contributed by atoms with Crippen molar-refractivity contribution >= 4 is 29.3 Å². The Morgan fingerprint density at radius 1 is 0.800 bits per heavy atom. The molecule has 3 aromatic rings. The van der Waals surface area contributed by atoms with E-state index in [1.54, 1.807) is 24.3 Å². The van der Waals surface area contributed by atoms with Crippen molar-refractivity contribution in [1.82, 2.24) is 9.80 Å². The number of anilines is 2. The van der Waals surface area contributed by atoms with Gasteiger partial charge < -0.3 is 10.6 Å². The molecule has 0 unspecified atom stereocenters. The number of benzene rings is 3. The summed E-state index contributed by atoms with van der Waals surface area (Å²) in [6.07, 6.45) is 4.30. The minimum atomic E-state index is -0.375. The molecule has 1 saturated heterocycles. The summed E-state index contributed by atoms with van der Waals surface area (Å²) in [6, 6.07) is 22.6. The van der Waals surface area contributed by atoms with Crippen LogP contribution in [0.2, 0.25) is 0 Å². The third-order valence-electron chi connectivity index (χ3n) is 5.85. The molecule has 2 amide bonds. The summed E-state index contributed by atoms with van der Waals surface area (Å²) in [5.41, 5.74) is 2.46. The van der Waals surface area contributed by atoms with Crippen LogP contribution in [-0.4, -0.2) is 60.9 Å². The van der Waals surface area contributed by atoms with Crippen molar-refractivity contribution in [2.24, 2.45) is 0 Å². The minimum absolute atomic E-state index is 0.163. The number of carbonyl (C=O) groups excluding carboxylic acids is 2. The molecule has 0 aliphatic carbocycles. The van der Waals surface area contributed by atoms with Crippen LogP contribution in [0.5, 0.6) is 0 Å². The molecule has 3 aromatic carbocycles. The van der Waals surface area contributed by atoms with Gasteiger partial charge in [0.25, 0.3) is 5.91 Å². The van der Waals surface area contributed by atoms with E-state index < -0.39 is 0 Å². The highest BCUT2D eigenvalue weighted by Gasteiger charge is 2.19. The first-order valence-electron chi connectivity index (χ1n) is 11.7. The normalized spacial score (nSPS) is 14.7. The van der Waals surface area contributed by atoms with Gasteiger partial charge in [-0.25, -0.2) is 4.39 Å². The fourth-order valence-corrected chi connectivity index (χ4v) is 3.95. The van der Waals surface area contributed by atoms with Gasteiger partial charge in [-0.05, 0) is 42.0 Å². The van der Waals surface area contributed by atoms with Gasteiger partial charge in [0.05, 0.1) is 17.8 Å². The Balaban J connectivity index is 1.25. The second-order valence-electron chi connectivity index (χ2n) is 8.44. The van der Waals surface area contributed by atoms with Gasteiger partial charge in [-0.3, -0.25) is 19.4 Å². The largest absolute Gasteiger partial charge is 0.324 e. The van der Waals surface area contributed by atoms with Crippen LogP contribution < -0.4 is 10.6 Å². The van der Waals surface area contributed by atoms with Crippen molar-refractivity contribution in [2.45, 2.75) is 0 Å². The minimum Gasteiger partial charge on any atom is -0.324 e. The zero-order valence-corrected chi connectivity index (χ0v) is 19.5. The van der Waals surface area contributed by atoms with Crippen LogP contribution in [0.25, 0.3) is 6.08 Å². The predicted octanol–water partition coefficient (Wildman–Crippen LogP) is 4.35. The number of amides is 2. The summed E-state index contributed by atoms with van der Waals surface area (Å²) in [5.74, 6) is -0.908. The predicted molar refractivity (Wildman–Crippen MR) is 138 cm³/mol. The van der Waals surface area contributed by atoms with Crippen molar-refractivity contribution < 1.29 is 14.0 Å². The molecule has 0 atom stereocenters. The molecule has 180 valence electrons. The summed E-state index contributed by atoms with van der Waals surface area (Å²) in [6.45, 7) is 4.54. The van der Waals surface area contributed by atoms with Crippen LogP contribution in [0, 0.1) is 5.82 Å². The van der Waals surface area contributed by atoms with Crippen molar-refractivity contribution in [3.05, 3.63) is 102 Å². The molecule has 0 aromatic heterocycles. The second-order valence-corrected chi connectivity index (χ2v) is 8.44. The van der Waals surface area contributed by atoms with Crippen molar-refractivity contribution in [1.29, 1.82) is 0 Å². The molecule has 0 spiro atoms. The van der Waals surface area contributed by atoms with E-state index in [9.17, 15) is 14.0 Å². The van der Waals surface area contributed by atoms with E-state index in [4.69, 9.17) is 0 Å². The second kappa shape index (κ2) is 12.1. The number of carbonyl (C=O) groups is 2. The lowest BCUT2D eigenvalue weighted by Crippen LogP contribution is -2.48. The van der Waals surface area contributed by atoms with E-state index in [0.717, 1.165) is 32.7 Å². The third kappa shape index (κ3) is 7.34. The topological polar surface area (TPSA) is 64.7 Å². The van der Waals surface area contributed by atoms with E-state index in [2.05, 4.69) is 44.7 Å². The van der Waals surface area contributed by atoms with Gasteiger partial charge in [-0.2, -0.15) is 0 Å². The molecule has 1 aliphatic rings. The number of rotatable bonds is 8. The Bertz CT molecular complexity index is 1160. The highest BCUT2D eigenvalue weighted by atomic mass is 19.1. The zero-order chi connectivity index (χ0) is 24.5. The van der Waals surface area contributed by atoms with Gasteiger partial charge in [-0.1, -0.05) is 54.6 Å². The van der Waals surface area contributed by atoms with Crippen LogP contribution in [-0.2, 0) is 4.79 Å². The SMILES string of the molecule is O=C(CN1CCN(C/C=C/c2ccccc2)CC1)Nc1ccccc1C(=O)Nc1ccc(F)cc1. The molecule has 1 heterocycles. The molecular formula is C28H29FN4O2. The maximum atomic E-state index is 13.1. The Morgan fingerprint density at radius 3 is 2.20 bits per heavy atom. The molecule has 2 N–H and O–H groups in total. The van der Waals surface area contributed by atoms with Gasteiger partial charge in [0.15, 0.2) is 0 Å². The lowest BCUT2D eigenvalue weighted by molar-refractivity contribution is -0.117. The maximum absolute atomic E-state index is 13.1. The fourth-order valence-electron chi connectivity index (χ4n) is 3.95. The van der Waals surface area contributed by atoms with Crippen LogP contribution in [0.1, 0.15) is 15.9 Å². The Labute approximate surface area is 205 Å². The van der Waals surface area contributed by atoms with Crippen LogP contribution in [0.15, 0.2) is 84.9 Å². The van der Waals surface area contributed by atoms with Crippen LogP contribution in [0.3, 0.4) is 0 Å². The number of hydrogen-bond donors (Lipinski definition) is 2. The van der Waals surface area contributed by atoms with Crippen molar-refractivity contribution in [3.8, 4) is 0 Å². The molecule has 0 radical (unpaired) electrons. The number of nitrogens with one attached hydrogen (secondary N) is 2. The Morgan fingerprint density at radius 2 is 1.46 bits per heavy atom. The number of hydrogen-bond acceptors (Lipinski definition) is 4. The summed E-state index contributed by atoms with van der Waals surface area (Å²) in [4.78, 5) is 29.9. The molecule has 7 heteroatoms. The molecule has 1 aliphatic heterocycles.